The van der Waals surface area contributed by atoms with Gasteiger partial charge in [-0.15, -0.1) is 0 Å². The minimum atomic E-state index is -1.57. The summed E-state index contributed by atoms with van der Waals surface area (Å²) in [6.45, 7) is 0. The van der Waals surface area contributed by atoms with Gasteiger partial charge < -0.3 is 0 Å². The molecular formula is C50H32N2OP+. The van der Waals surface area contributed by atoms with Crippen molar-refractivity contribution in [2.45, 2.75) is 0 Å². The summed E-state index contributed by atoms with van der Waals surface area (Å²) in [7, 11) is -1.57. The van der Waals surface area contributed by atoms with Gasteiger partial charge in [0, 0.05) is 27.8 Å². The van der Waals surface area contributed by atoms with Crippen molar-refractivity contribution < 1.29 is 4.57 Å². The summed E-state index contributed by atoms with van der Waals surface area (Å²) in [6, 6.07) is 67.6. The average Bonchev–Trinajstić information content (AvgIpc) is 3.54. The summed E-state index contributed by atoms with van der Waals surface area (Å²) in [4.78, 5) is 10.2. The molecule has 252 valence electrons. The number of nitrogens with zero attached hydrogens (tertiary/aromatic N) is 2. The van der Waals surface area contributed by atoms with Crippen molar-refractivity contribution in [2.24, 2.45) is 0 Å². The van der Waals surface area contributed by atoms with Gasteiger partial charge in [-0.05, 0) is 98.8 Å². The highest BCUT2D eigenvalue weighted by Crippen LogP contribution is 2.41. The van der Waals surface area contributed by atoms with E-state index < -0.39 is 7.80 Å². The van der Waals surface area contributed by atoms with Crippen molar-refractivity contribution >= 4 is 29.2 Å². The van der Waals surface area contributed by atoms with Gasteiger partial charge in [0.25, 0.3) is 0 Å². The molecule has 1 unspecified atom stereocenters. The highest BCUT2D eigenvalue weighted by Gasteiger charge is 2.38. The monoisotopic (exact) mass is 707 g/mol. The Bertz CT molecular complexity index is 2880. The van der Waals surface area contributed by atoms with Gasteiger partial charge in [-0.1, -0.05) is 144 Å². The van der Waals surface area contributed by atoms with Crippen LogP contribution in [0.15, 0.2) is 194 Å². The van der Waals surface area contributed by atoms with Crippen LogP contribution in [0.2, 0.25) is 0 Å². The lowest BCUT2D eigenvalue weighted by Crippen LogP contribution is -1.97. The van der Waals surface area contributed by atoms with Crippen LogP contribution in [0.3, 0.4) is 0 Å². The van der Waals surface area contributed by atoms with E-state index in [2.05, 4.69) is 146 Å². The molecule has 3 nitrogen and oxygen atoms in total. The van der Waals surface area contributed by atoms with Crippen LogP contribution in [0.5, 0.6) is 0 Å². The second kappa shape index (κ2) is 13.3. The number of fused-ring (bicyclic) bond motifs is 4. The van der Waals surface area contributed by atoms with Gasteiger partial charge in [0.2, 0.25) is 10.6 Å². The smallest absolute Gasteiger partial charge is 0.228 e. The van der Waals surface area contributed by atoms with E-state index in [1.165, 1.54) is 16.3 Å². The molecule has 0 fully saturated rings. The average molecular weight is 708 g/mol. The third-order valence-electron chi connectivity index (χ3n) is 10.3. The third-order valence-corrected chi connectivity index (χ3v) is 12.0. The maximum Gasteiger partial charge on any atom is 0.416 e. The number of aromatic nitrogens is 2. The van der Waals surface area contributed by atoms with Crippen molar-refractivity contribution in [2.75, 3.05) is 0 Å². The van der Waals surface area contributed by atoms with Crippen LogP contribution in [0, 0.1) is 0 Å². The lowest BCUT2D eigenvalue weighted by Gasteiger charge is -2.13. The highest BCUT2D eigenvalue weighted by molar-refractivity contribution is 7.63. The molecule has 0 N–H and O–H groups in total. The maximum absolute atomic E-state index is 13.3. The first-order valence-electron chi connectivity index (χ1n) is 18.1. The molecule has 1 aliphatic heterocycles. The number of benzene rings is 8. The van der Waals surface area contributed by atoms with Gasteiger partial charge in [-0.2, -0.15) is 0 Å². The highest BCUT2D eigenvalue weighted by atomic mass is 31.1. The van der Waals surface area contributed by atoms with E-state index in [0.29, 0.717) is 5.82 Å². The van der Waals surface area contributed by atoms with E-state index in [9.17, 15) is 4.57 Å². The van der Waals surface area contributed by atoms with Crippen LogP contribution in [0.25, 0.3) is 89.2 Å². The van der Waals surface area contributed by atoms with E-state index in [0.717, 1.165) is 77.6 Å². The molecule has 0 spiro atoms. The minimum absolute atomic E-state index is 0.692. The summed E-state index contributed by atoms with van der Waals surface area (Å²) in [5.41, 5.74) is 13.7. The SMILES string of the molecule is O=[P+]1c2ccccc2-c2cc(-c3cc(-c4ccc(-c5cc(-c6cccc(-c7ccccc7)c6)nc(-c6ccccc6)n5)cc4)c4ccccc4c3)ccc21. The molecule has 4 heteroatoms. The van der Waals surface area contributed by atoms with Gasteiger partial charge in [-0.25, -0.2) is 9.97 Å². The van der Waals surface area contributed by atoms with Crippen molar-refractivity contribution in [1.29, 1.82) is 0 Å². The third kappa shape index (κ3) is 5.72. The van der Waals surface area contributed by atoms with E-state index >= 15 is 0 Å². The van der Waals surface area contributed by atoms with Gasteiger partial charge in [0.1, 0.15) is 0 Å². The Morgan fingerprint density at radius 2 is 0.907 bits per heavy atom. The fourth-order valence-electron chi connectivity index (χ4n) is 7.60. The molecule has 10 rings (SSSR count). The van der Waals surface area contributed by atoms with Gasteiger partial charge in [0.05, 0.1) is 11.4 Å². The molecule has 0 bridgehead atoms. The first-order valence-corrected chi connectivity index (χ1v) is 19.4. The van der Waals surface area contributed by atoms with Crippen molar-refractivity contribution in [1.82, 2.24) is 9.97 Å². The van der Waals surface area contributed by atoms with E-state index in [1.807, 2.05) is 48.5 Å². The van der Waals surface area contributed by atoms with E-state index in [1.54, 1.807) is 0 Å². The second-order valence-electron chi connectivity index (χ2n) is 13.6. The minimum Gasteiger partial charge on any atom is -0.228 e. The zero-order valence-electron chi connectivity index (χ0n) is 29.2. The van der Waals surface area contributed by atoms with E-state index in [-0.39, 0.29) is 0 Å². The Kier molecular flexibility index (Phi) is 7.86. The topological polar surface area (TPSA) is 42.9 Å². The summed E-state index contributed by atoms with van der Waals surface area (Å²) in [5.74, 6) is 0.692. The molecule has 0 saturated carbocycles. The summed E-state index contributed by atoms with van der Waals surface area (Å²) >= 11 is 0. The molecule has 0 radical (unpaired) electrons. The maximum atomic E-state index is 13.3. The van der Waals surface area contributed by atoms with Crippen LogP contribution < -0.4 is 10.6 Å². The molecule has 0 saturated heterocycles. The van der Waals surface area contributed by atoms with Crippen LogP contribution in [0.4, 0.5) is 0 Å². The summed E-state index contributed by atoms with van der Waals surface area (Å²) in [5, 5.41) is 4.20. The Labute approximate surface area is 315 Å². The Hall–Kier alpha value is -6.80. The lowest BCUT2D eigenvalue weighted by atomic mass is 9.91. The zero-order valence-corrected chi connectivity index (χ0v) is 30.1. The fraction of sp³-hybridized carbons (Fsp3) is 0. The molecule has 1 aromatic heterocycles. The van der Waals surface area contributed by atoms with Gasteiger partial charge >= 0.3 is 7.80 Å². The quantitative estimate of drug-likeness (QED) is 0.162. The molecular weight excluding hydrogens is 676 g/mol. The van der Waals surface area contributed by atoms with Crippen LogP contribution in [-0.2, 0) is 4.57 Å². The van der Waals surface area contributed by atoms with Gasteiger partial charge in [0.15, 0.2) is 5.82 Å². The standard InChI is InChI=1S/C50H32N2OP/c53-54-48-21-10-9-20-43(48)45-30-38(26-27-49(45)54)41-29-39-16-7-8-19-42(39)44(31-41)34-22-24-35(25-23-34)46-32-47(52-50(51-46)36-14-5-2-6-15-36)40-18-11-17-37(28-40)33-12-3-1-4-13-33/h1-32H/q+1. The molecule has 0 aliphatic carbocycles. The first kappa shape index (κ1) is 31.9. The van der Waals surface area contributed by atoms with E-state index in [4.69, 9.17) is 9.97 Å². The lowest BCUT2D eigenvalue weighted by molar-refractivity contribution is 0.598. The fourth-order valence-corrected chi connectivity index (χ4v) is 9.11. The Morgan fingerprint density at radius 1 is 0.333 bits per heavy atom. The van der Waals surface area contributed by atoms with Crippen LogP contribution in [-0.4, -0.2) is 9.97 Å². The Morgan fingerprint density at radius 3 is 1.72 bits per heavy atom. The predicted molar refractivity (Wildman–Crippen MR) is 224 cm³/mol. The zero-order chi connectivity index (χ0) is 36.0. The molecule has 9 aromatic rings. The molecule has 2 heterocycles. The summed E-state index contributed by atoms with van der Waals surface area (Å²) in [6.07, 6.45) is 0. The number of rotatable bonds is 6. The molecule has 0 amide bonds. The second-order valence-corrected chi connectivity index (χ2v) is 15.2. The molecule has 54 heavy (non-hydrogen) atoms. The molecule has 8 aromatic carbocycles. The van der Waals surface area contributed by atoms with Crippen LogP contribution >= 0.6 is 7.80 Å². The number of hydrogen-bond donors (Lipinski definition) is 0. The van der Waals surface area contributed by atoms with Crippen LogP contribution in [0.1, 0.15) is 0 Å². The molecule has 1 aliphatic rings. The van der Waals surface area contributed by atoms with Crippen molar-refractivity contribution in [3.05, 3.63) is 194 Å². The Balaban J connectivity index is 1.06. The predicted octanol–water partition coefficient (Wildman–Crippen LogP) is 12.4. The summed E-state index contributed by atoms with van der Waals surface area (Å²) < 4.78 is 13.3. The first-order chi connectivity index (χ1) is 26.7. The normalized spacial score (nSPS) is 12.4. The largest absolute Gasteiger partial charge is 0.416 e. The van der Waals surface area contributed by atoms with Crippen molar-refractivity contribution in [3.63, 3.8) is 0 Å². The van der Waals surface area contributed by atoms with Gasteiger partial charge in [-0.3, -0.25) is 0 Å². The number of hydrogen-bond acceptors (Lipinski definition) is 3. The van der Waals surface area contributed by atoms with Crippen molar-refractivity contribution in [3.8, 4) is 78.4 Å². The molecule has 1 atom stereocenters.